The highest BCUT2D eigenvalue weighted by molar-refractivity contribution is 6.18. The van der Waals surface area contributed by atoms with E-state index in [0.29, 0.717) is 5.69 Å². The summed E-state index contributed by atoms with van der Waals surface area (Å²) in [5.41, 5.74) is 0.626. The number of aromatic nitrogens is 2. The number of alkyl halides is 1. The number of rotatable bonds is 4. The molecule has 0 aliphatic heterocycles. The lowest BCUT2D eigenvalue weighted by atomic mass is 10.4. The number of nitro groups is 1. The summed E-state index contributed by atoms with van der Waals surface area (Å²) >= 11 is 5.40. The molecule has 0 radical (unpaired) electrons. The van der Waals surface area contributed by atoms with Gasteiger partial charge in [0.1, 0.15) is 11.9 Å². The first kappa shape index (κ1) is 10.9. The van der Waals surface area contributed by atoms with Crippen molar-refractivity contribution in [2.75, 3.05) is 5.88 Å². The molecule has 0 saturated carbocycles. The van der Waals surface area contributed by atoms with Crippen LogP contribution in [0, 0.1) is 17.0 Å². The van der Waals surface area contributed by atoms with E-state index in [9.17, 15) is 15.2 Å². The predicted molar refractivity (Wildman–Crippen MR) is 50.3 cm³/mol. The highest BCUT2D eigenvalue weighted by Gasteiger charge is 2.20. The summed E-state index contributed by atoms with van der Waals surface area (Å²) in [7, 11) is 0. The average Bonchev–Trinajstić information content (AvgIpc) is 2.48. The molecule has 1 heterocycles. The van der Waals surface area contributed by atoms with Gasteiger partial charge in [0.05, 0.1) is 18.5 Å². The van der Waals surface area contributed by atoms with E-state index < -0.39 is 11.0 Å². The Hall–Kier alpha value is -1.14. The molecule has 0 bridgehead atoms. The molecule has 7 heteroatoms. The monoisotopic (exact) mass is 219 g/mol. The van der Waals surface area contributed by atoms with Crippen LogP contribution in [0.3, 0.4) is 0 Å². The number of nitrogens with zero attached hydrogens (tertiary/aromatic N) is 3. The standard InChI is InChI=1S/C7H10ClN3O3/c1-5-3-9-7(11(13)14)10(5)4-6(12)2-8/h3,6,12H,2,4H2,1H3. The fourth-order valence-electron chi connectivity index (χ4n) is 1.08. The molecule has 6 nitrogen and oxygen atoms in total. The molecule has 0 fully saturated rings. The van der Waals surface area contributed by atoms with Crippen molar-refractivity contribution in [1.29, 1.82) is 0 Å². The first-order valence-corrected chi connectivity index (χ1v) is 4.50. The third-order valence-corrected chi connectivity index (χ3v) is 2.12. The van der Waals surface area contributed by atoms with Gasteiger partial charge in [-0.3, -0.25) is 0 Å². The van der Waals surface area contributed by atoms with Crippen molar-refractivity contribution in [3.63, 3.8) is 0 Å². The fourth-order valence-corrected chi connectivity index (χ4v) is 1.18. The minimum atomic E-state index is -0.803. The molecule has 1 N–H and O–H groups in total. The third-order valence-electron chi connectivity index (χ3n) is 1.77. The Morgan fingerprint density at radius 2 is 2.50 bits per heavy atom. The van der Waals surface area contributed by atoms with Crippen LogP contribution in [0.1, 0.15) is 5.69 Å². The Morgan fingerprint density at radius 3 is 3.00 bits per heavy atom. The highest BCUT2D eigenvalue weighted by Crippen LogP contribution is 2.13. The molecule has 0 aliphatic rings. The van der Waals surface area contributed by atoms with Gasteiger partial charge in [-0.1, -0.05) is 4.98 Å². The van der Waals surface area contributed by atoms with Crippen molar-refractivity contribution in [1.82, 2.24) is 9.55 Å². The molecule has 78 valence electrons. The maximum atomic E-state index is 10.5. The van der Waals surface area contributed by atoms with Gasteiger partial charge in [-0.15, -0.1) is 11.6 Å². The van der Waals surface area contributed by atoms with Crippen LogP contribution in [-0.2, 0) is 6.54 Å². The molecule has 1 unspecified atom stereocenters. The zero-order chi connectivity index (χ0) is 10.7. The van der Waals surface area contributed by atoms with Crippen LogP contribution in [-0.4, -0.2) is 31.6 Å². The van der Waals surface area contributed by atoms with E-state index in [-0.39, 0.29) is 18.4 Å². The Balaban J connectivity index is 2.93. The van der Waals surface area contributed by atoms with E-state index in [1.54, 1.807) is 6.92 Å². The van der Waals surface area contributed by atoms with E-state index in [2.05, 4.69) is 4.98 Å². The third kappa shape index (κ3) is 2.21. The van der Waals surface area contributed by atoms with Crippen LogP contribution < -0.4 is 0 Å². The van der Waals surface area contributed by atoms with Crippen molar-refractivity contribution in [2.24, 2.45) is 0 Å². The number of aliphatic hydroxyl groups excluding tert-OH is 1. The Kier molecular flexibility index (Phi) is 3.43. The average molecular weight is 220 g/mol. The van der Waals surface area contributed by atoms with Crippen molar-refractivity contribution >= 4 is 17.5 Å². The van der Waals surface area contributed by atoms with Crippen molar-refractivity contribution in [2.45, 2.75) is 19.6 Å². The second-order valence-corrected chi connectivity index (χ2v) is 3.18. The molecule has 0 saturated heterocycles. The summed E-state index contributed by atoms with van der Waals surface area (Å²) in [5, 5.41) is 19.8. The highest BCUT2D eigenvalue weighted by atomic mass is 35.5. The number of aliphatic hydroxyl groups is 1. The minimum absolute atomic E-state index is 0.0365. The lowest BCUT2D eigenvalue weighted by Gasteiger charge is -2.07. The summed E-state index contributed by atoms with van der Waals surface area (Å²) in [5.74, 6) is -0.235. The number of halogens is 1. The molecule has 14 heavy (non-hydrogen) atoms. The van der Waals surface area contributed by atoms with Gasteiger partial charge in [-0.05, 0) is 11.8 Å². The fraction of sp³-hybridized carbons (Fsp3) is 0.571. The van der Waals surface area contributed by atoms with Gasteiger partial charge >= 0.3 is 5.95 Å². The quantitative estimate of drug-likeness (QED) is 0.459. The number of hydrogen-bond acceptors (Lipinski definition) is 4. The summed E-state index contributed by atoms with van der Waals surface area (Å²) < 4.78 is 1.33. The number of imidazole rings is 1. The Morgan fingerprint density at radius 1 is 1.86 bits per heavy atom. The van der Waals surface area contributed by atoms with E-state index in [1.807, 2.05) is 0 Å². The first-order valence-electron chi connectivity index (χ1n) is 3.96. The zero-order valence-electron chi connectivity index (χ0n) is 7.55. The van der Waals surface area contributed by atoms with Gasteiger partial charge in [-0.25, -0.2) is 4.57 Å². The van der Waals surface area contributed by atoms with Crippen LogP contribution in [0.5, 0.6) is 0 Å². The van der Waals surface area contributed by atoms with Crippen LogP contribution in [0.25, 0.3) is 0 Å². The molecule has 0 aliphatic carbocycles. The second kappa shape index (κ2) is 4.39. The lowest BCUT2D eigenvalue weighted by molar-refractivity contribution is -0.397. The molecule has 0 aromatic carbocycles. The second-order valence-electron chi connectivity index (χ2n) is 2.88. The smallest absolute Gasteiger partial charge is 0.390 e. The molecule has 0 spiro atoms. The van der Waals surface area contributed by atoms with E-state index in [1.165, 1.54) is 10.8 Å². The maximum Gasteiger partial charge on any atom is 0.434 e. The van der Waals surface area contributed by atoms with Gasteiger partial charge in [0.2, 0.25) is 0 Å². The minimum Gasteiger partial charge on any atom is -0.390 e. The van der Waals surface area contributed by atoms with Crippen LogP contribution >= 0.6 is 11.6 Å². The molecule has 1 aromatic rings. The van der Waals surface area contributed by atoms with Gasteiger partial charge < -0.3 is 15.2 Å². The van der Waals surface area contributed by atoms with Crippen molar-refractivity contribution in [3.8, 4) is 0 Å². The van der Waals surface area contributed by atoms with E-state index in [4.69, 9.17) is 11.6 Å². The van der Waals surface area contributed by atoms with E-state index in [0.717, 1.165) is 0 Å². The van der Waals surface area contributed by atoms with Crippen LogP contribution in [0.4, 0.5) is 5.95 Å². The zero-order valence-corrected chi connectivity index (χ0v) is 8.31. The molecule has 1 aromatic heterocycles. The summed E-state index contributed by atoms with van der Waals surface area (Å²) in [6.45, 7) is 1.77. The molecular formula is C7H10ClN3O3. The van der Waals surface area contributed by atoms with Gasteiger partial charge in [0.25, 0.3) is 0 Å². The molecule has 1 atom stereocenters. The topological polar surface area (TPSA) is 81.2 Å². The predicted octanol–water partition coefficient (Wildman–Crippen LogP) is 0.699. The van der Waals surface area contributed by atoms with Gasteiger partial charge in [0.15, 0.2) is 0 Å². The summed E-state index contributed by atoms with van der Waals surface area (Å²) in [4.78, 5) is 13.5. The Labute approximate surface area is 85.3 Å². The van der Waals surface area contributed by atoms with Gasteiger partial charge in [0, 0.05) is 0 Å². The summed E-state index contributed by atoms with van der Waals surface area (Å²) in [6.07, 6.45) is 0.585. The number of aryl methyl sites for hydroxylation is 1. The van der Waals surface area contributed by atoms with Gasteiger partial charge in [-0.2, -0.15) is 0 Å². The SMILES string of the molecule is Cc1cnc([N+](=O)[O-])n1CC(O)CCl. The lowest BCUT2D eigenvalue weighted by Crippen LogP contribution is -2.19. The van der Waals surface area contributed by atoms with Crippen molar-refractivity contribution in [3.05, 3.63) is 22.0 Å². The molecule has 0 amide bonds. The maximum absolute atomic E-state index is 10.5. The van der Waals surface area contributed by atoms with Crippen molar-refractivity contribution < 1.29 is 10.0 Å². The normalized spacial score (nSPS) is 12.8. The Bertz CT molecular complexity index is 339. The number of hydrogen-bond donors (Lipinski definition) is 1. The summed E-state index contributed by atoms with van der Waals surface area (Å²) in [6, 6.07) is 0. The van der Waals surface area contributed by atoms with E-state index >= 15 is 0 Å². The van der Waals surface area contributed by atoms with Crippen LogP contribution in [0.2, 0.25) is 0 Å². The first-order chi connectivity index (χ1) is 6.56. The molecule has 1 rings (SSSR count). The largest absolute Gasteiger partial charge is 0.434 e. The van der Waals surface area contributed by atoms with Crippen LogP contribution in [0.15, 0.2) is 6.20 Å². The molecular weight excluding hydrogens is 210 g/mol.